The average molecular weight is 278 g/mol. The number of nitrogens with one attached hydrogen (secondary N) is 1. The molecule has 0 aliphatic rings. The van der Waals surface area contributed by atoms with E-state index in [1.54, 1.807) is 0 Å². The lowest BCUT2D eigenvalue weighted by Gasteiger charge is -2.24. The first-order valence-corrected chi connectivity index (χ1v) is 7.14. The largest absolute Gasteiger partial charge is 0.382 e. The zero-order valence-electron chi connectivity index (χ0n) is 13.0. The van der Waals surface area contributed by atoms with E-state index in [4.69, 9.17) is 4.74 Å². The minimum Gasteiger partial charge on any atom is -0.382 e. The summed E-state index contributed by atoms with van der Waals surface area (Å²) in [7, 11) is 3.85. The molecule has 1 aromatic rings. The van der Waals surface area contributed by atoms with E-state index in [2.05, 4.69) is 11.4 Å². The molecule has 0 aliphatic heterocycles. The van der Waals surface area contributed by atoms with Crippen LogP contribution in [0.2, 0.25) is 0 Å². The second kappa shape index (κ2) is 8.72. The van der Waals surface area contributed by atoms with Gasteiger partial charge in [0, 0.05) is 19.8 Å². The number of benzene rings is 1. The molecule has 1 amide bonds. The van der Waals surface area contributed by atoms with Crippen LogP contribution >= 0.6 is 0 Å². The van der Waals surface area contributed by atoms with Gasteiger partial charge in [-0.05, 0) is 39.9 Å². The molecule has 0 spiro atoms. The second-order valence-electron chi connectivity index (χ2n) is 5.12. The molecule has 0 unspecified atom stereocenters. The van der Waals surface area contributed by atoms with E-state index in [1.165, 1.54) is 5.56 Å². The summed E-state index contributed by atoms with van der Waals surface area (Å²) in [5.41, 5.74) is 2.19. The van der Waals surface area contributed by atoms with Crippen LogP contribution in [0.1, 0.15) is 30.5 Å². The van der Waals surface area contributed by atoms with Crippen molar-refractivity contribution in [1.29, 1.82) is 0 Å². The van der Waals surface area contributed by atoms with Gasteiger partial charge in [-0.1, -0.05) is 29.8 Å². The van der Waals surface area contributed by atoms with Gasteiger partial charge in [-0.15, -0.1) is 0 Å². The predicted molar refractivity (Wildman–Crippen MR) is 81.7 cm³/mol. The molecule has 0 saturated carbocycles. The number of ether oxygens (including phenoxy) is 1. The van der Waals surface area contributed by atoms with Gasteiger partial charge in [-0.3, -0.25) is 9.69 Å². The zero-order chi connectivity index (χ0) is 15.0. The highest BCUT2D eigenvalue weighted by Gasteiger charge is 2.22. The minimum atomic E-state index is -0.248. The number of hydrogen-bond donors (Lipinski definition) is 1. The topological polar surface area (TPSA) is 41.6 Å². The number of carbonyl (C=O) groups is 1. The van der Waals surface area contributed by atoms with Crippen molar-refractivity contribution in [3.8, 4) is 0 Å². The molecule has 4 nitrogen and oxygen atoms in total. The number of hydrogen-bond acceptors (Lipinski definition) is 3. The van der Waals surface area contributed by atoms with Gasteiger partial charge < -0.3 is 10.1 Å². The van der Waals surface area contributed by atoms with Crippen molar-refractivity contribution in [3.63, 3.8) is 0 Å². The maximum absolute atomic E-state index is 12.3. The Morgan fingerprint density at radius 2 is 2.15 bits per heavy atom. The van der Waals surface area contributed by atoms with Crippen LogP contribution in [0.5, 0.6) is 0 Å². The van der Waals surface area contributed by atoms with Crippen molar-refractivity contribution in [1.82, 2.24) is 10.2 Å². The molecule has 0 bridgehead atoms. The normalized spacial score (nSPS) is 12.4. The molecule has 4 heteroatoms. The van der Waals surface area contributed by atoms with Crippen molar-refractivity contribution < 1.29 is 9.53 Å². The summed E-state index contributed by atoms with van der Waals surface area (Å²) in [6, 6.07) is 7.84. The van der Waals surface area contributed by atoms with Crippen molar-refractivity contribution in [3.05, 3.63) is 35.4 Å². The quantitative estimate of drug-likeness (QED) is 0.741. The third kappa shape index (κ3) is 5.31. The standard InChI is InChI=1S/C16H26N2O2/c1-5-20-11-7-10-17-16(19)15(18(3)4)14-9-6-8-13(2)12-14/h6,8-9,12,15H,5,7,10-11H2,1-4H3,(H,17,19)/t15-/m1/s1. The molecule has 0 fully saturated rings. The van der Waals surface area contributed by atoms with Crippen LogP contribution in [-0.4, -0.2) is 44.7 Å². The van der Waals surface area contributed by atoms with Gasteiger partial charge in [-0.25, -0.2) is 0 Å². The van der Waals surface area contributed by atoms with Crippen LogP contribution in [0, 0.1) is 6.92 Å². The summed E-state index contributed by atoms with van der Waals surface area (Å²) in [5.74, 6) is 0.0390. The summed E-state index contributed by atoms with van der Waals surface area (Å²) < 4.78 is 5.26. The van der Waals surface area contributed by atoms with Gasteiger partial charge in [0.1, 0.15) is 6.04 Å². The Bertz CT molecular complexity index is 419. The van der Waals surface area contributed by atoms with Crippen LogP contribution < -0.4 is 5.32 Å². The summed E-state index contributed by atoms with van der Waals surface area (Å²) >= 11 is 0. The van der Waals surface area contributed by atoms with Crippen molar-refractivity contribution in [2.45, 2.75) is 26.3 Å². The van der Waals surface area contributed by atoms with Crippen LogP contribution in [0.25, 0.3) is 0 Å². The molecule has 0 saturated heterocycles. The fraction of sp³-hybridized carbons (Fsp3) is 0.562. The third-order valence-electron chi connectivity index (χ3n) is 3.09. The minimum absolute atomic E-state index is 0.0390. The molecular weight excluding hydrogens is 252 g/mol. The van der Waals surface area contributed by atoms with Gasteiger partial charge in [0.25, 0.3) is 0 Å². The number of amides is 1. The Morgan fingerprint density at radius 1 is 1.40 bits per heavy atom. The first-order chi connectivity index (χ1) is 9.56. The molecule has 1 N–H and O–H groups in total. The maximum atomic E-state index is 12.3. The van der Waals surface area contributed by atoms with Gasteiger partial charge in [-0.2, -0.15) is 0 Å². The van der Waals surface area contributed by atoms with E-state index in [0.29, 0.717) is 13.2 Å². The van der Waals surface area contributed by atoms with Crippen LogP contribution in [0.4, 0.5) is 0 Å². The lowest BCUT2D eigenvalue weighted by atomic mass is 10.0. The third-order valence-corrected chi connectivity index (χ3v) is 3.09. The summed E-state index contributed by atoms with van der Waals surface area (Å²) in [5, 5.41) is 2.98. The Kier molecular flexibility index (Phi) is 7.26. The van der Waals surface area contributed by atoms with E-state index in [9.17, 15) is 4.79 Å². The molecule has 112 valence electrons. The molecule has 20 heavy (non-hydrogen) atoms. The highest BCUT2D eigenvalue weighted by atomic mass is 16.5. The SMILES string of the molecule is CCOCCCNC(=O)[C@@H](c1cccc(C)c1)N(C)C. The monoisotopic (exact) mass is 278 g/mol. The predicted octanol–water partition coefficient (Wildman–Crippen LogP) is 2.14. The second-order valence-corrected chi connectivity index (χ2v) is 5.12. The highest BCUT2D eigenvalue weighted by molar-refractivity contribution is 5.83. The van der Waals surface area contributed by atoms with Gasteiger partial charge in [0.15, 0.2) is 0 Å². The Labute approximate surface area is 122 Å². The average Bonchev–Trinajstić information content (AvgIpc) is 2.38. The van der Waals surface area contributed by atoms with E-state index in [-0.39, 0.29) is 11.9 Å². The lowest BCUT2D eigenvalue weighted by Crippen LogP contribution is -2.37. The number of carbonyl (C=O) groups excluding carboxylic acids is 1. The van der Waals surface area contributed by atoms with Crippen LogP contribution in [0.3, 0.4) is 0 Å². The summed E-state index contributed by atoms with van der Waals surface area (Å²) in [4.78, 5) is 14.3. The molecule has 0 aliphatic carbocycles. The molecule has 1 atom stereocenters. The number of rotatable bonds is 8. The highest BCUT2D eigenvalue weighted by Crippen LogP contribution is 2.19. The van der Waals surface area contributed by atoms with Gasteiger partial charge >= 0.3 is 0 Å². The zero-order valence-corrected chi connectivity index (χ0v) is 13.0. The fourth-order valence-corrected chi connectivity index (χ4v) is 2.15. The van der Waals surface area contributed by atoms with Gasteiger partial charge in [0.05, 0.1) is 0 Å². The molecule has 0 heterocycles. The van der Waals surface area contributed by atoms with Crippen LogP contribution in [0.15, 0.2) is 24.3 Å². The van der Waals surface area contributed by atoms with Crippen LogP contribution in [-0.2, 0) is 9.53 Å². The van der Waals surface area contributed by atoms with Crippen molar-refractivity contribution >= 4 is 5.91 Å². The molecule has 0 radical (unpaired) electrons. The lowest BCUT2D eigenvalue weighted by molar-refractivity contribution is -0.125. The summed E-state index contributed by atoms with van der Waals surface area (Å²) in [6.45, 7) is 6.06. The summed E-state index contributed by atoms with van der Waals surface area (Å²) in [6.07, 6.45) is 0.841. The van der Waals surface area contributed by atoms with Crippen molar-refractivity contribution in [2.24, 2.45) is 0 Å². The smallest absolute Gasteiger partial charge is 0.241 e. The van der Waals surface area contributed by atoms with E-state index < -0.39 is 0 Å². The first kappa shape index (κ1) is 16.7. The molecule has 1 rings (SSSR count). The van der Waals surface area contributed by atoms with E-state index >= 15 is 0 Å². The van der Waals surface area contributed by atoms with E-state index in [0.717, 1.165) is 18.6 Å². The number of likely N-dealkylation sites (N-methyl/N-ethyl adjacent to an activating group) is 1. The van der Waals surface area contributed by atoms with E-state index in [1.807, 2.05) is 51.0 Å². The molecule has 0 aromatic heterocycles. The molecule has 1 aromatic carbocycles. The number of nitrogens with zero attached hydrogens (tertiary/aromatic N) is 1. The van der Waals surface area contributed by atoms with Gasteiger partial charge in [0.2, 0.25) is 5.91 Å². The first-order valence-electron chi connectivity index (χ1n) is 7.14. The molecular formula is C16H26N2O2. The van der Waals surface area contributed by atoms with Crippen molar-refractivity contribution in [2.75, 3.05) is 33.9 Å². The number of aryl methyl sites for hydroxylation is 1. The Morgan fingerprint density at radius 3 is 2.75 bits per heavy atom. The maximum Gasteiger partial charge on any atom is 0.241 e. The Hall–Kier alpha value is -1.39. The Balaban J connectivity index is 2.60. The fourth-order valence-electron chi connectivity index (χ4n) is 2.15.